The average molecular weight is 398 g/mol. The average Bonchev–Trinajstić information content (AvgIpc) is 3.10. The third-order valence-corrected chi connectivity index (χ3v) is 7.10. The molecule has 0 radical (unpaired) electrons. The molecule has 0 N–H and O–H groups in total. The second-order valence-electron chi connectivity index (χ2n) is 7.41. The van der Waals surface area contributed by atoms with Gasteiger partial charge in [0.15, 0.2) is 11.4 Å². The molecule has 28 heavy (non-hydrogen) atoms. The van der Waals surface area contributed by atoms with Gasteiger partial charge in [0.25, 0.3) is 10.0 Å². The van der Waals surface area contributed by atoms with Crippen molar-refractivity contribution >= 4 is 32.5 Å². The van der Waals surface area contributed by atoms with Gasteiger partial charge in [-0.2, -0.15) is 0 Å². The maximum atomic E-state index is 13.2. The van der Waals surface area contributed by atoms with E-state index in [9.17, 15) is 13.2 Å². The number of anilines is 1. The molecule has 2 aromatic heterocycles. The van der Waals surface area contributed by atoms with E-state index in [0.717, 1.165) is 35.6 Å². The number of benzene rings is 1. The minimum atomic E-state index is -3.85. The fourth-order valence-corrected chi connectivity index (χ4v) is 5.12. The minimum absolute atomic E-state index is 0.168. The molecule has 1 aliphatic heterocycles. The van der Waals surface area contributed by atoms with E-state index in [0.29, 0.717) is 22.5 Å². The van der Waals surface area contributed by atoms with Gasteiger partial charge in [-0.3, -0.25) is 4.79 Å². The highest BCUT2D eigenvalue weighted by atomic mass is 32.2. The van der Waals surface area contributed by atoms with Gasteiger partial charge in [-0.15, -0.1) is 0 Å². The number of nitrogens with zero attached hydrogens (tertiary/aromatic N) is 3. The molecular formula is C21H23N3O3S. The van der Waals surface area contributed by atoms with Crippen LogP contribution >= 0.6 is 0 Å². The first-order valence-corrected chi connectivity index (χ1v) is 10.9. The third kappa shape index (κ3) is 3.09. The van der Waals surface area contributed by atoms with Crippen LogP contribution in [0.2, 0.25) is 0 Å². The molecule has 0 saturated carbocycles. The number of aromatic nitrogens is 2. The van der Waals surface area contributed by atoms with Crippen LogP contribution in [0.25, 0.3) is 11.0 Å². The van der Waals surface area contributed by atoms with Gasteiger partial charge in [0.05, 0.1) is 16.0 Å². The van der Waals surface area contributed by atoms with Gasteiger partial charge in [0, 0.05) is 31.0 Å². The third-order valence-electron chi connectivity index (χ3n) is 5.44. The Hall–Kier alpha value is -2.67. The van der Waals surface area contributed by atoms with Crippen LogP contribution in [-0.4, -0.2) is 36.2 Å². The van der Waals surface area contributed by atoms with Crippen molar-refractivity contribution in [3.63, 3.8) is 0 Å². The molecule has 1 aromatic carbocycles. The van der Waals surface area contributed by atoms with Crippen molar-refractivity contribution in [2.75, 3.05) is 18.0 Å². The molecule has 3 heterocycles. The van der Waals surface area contributed by atoms with Crippen LogP contribution in [0.1, 0.15) is 37.0 Å². The number of hydrogen-bond acceptors (Lipinski definition) is 5. The van der Waals surface area contributed by atoms with E-state index in [1.165, 1.54) is 13.1 Å². The molecule has 0 spiro atoms. The summed E-state index contributed by atoms with van der Waals surface area (Å²) in [7, 11) is -3.85. The number of carbonyl (C=O) groups is 1. The van der Waals surface area contributed by atoms with E-state index in [-0.39, 0.29) is 10.7 Å². The van der Waals surface area contributed by atoms with Gasteiger partial charge >= 0.3 is 0 Å². The largest absolute Gasteiger partial charge is 0.371 e. The summed E-state index contributed by atoms with van der Waals surface area (Å²) in [5.74, 6) is 0.496. The molecule has 4 rings (SSSR count). The Morgan fingerprint density at radius 1 is 1.11 bits per heavy atom. The lowest BCUT2D eigenvalue weighted by Crippen LogP contribution is -2.33. The molecule has 7 heteroatoms. The molecule has 0 bridgehead atoms. The Balaban J connectivity index is 1.93. The summed E-state index contributed by atoms with van der Waals surface area (Å²) in [5, 5.41) is 0.615. The highest BCUT2D eigenvalue weighted by Gasteiger charge is 2.27. The number of carbonyl (C=O) groups excluding carboxylic acids is 1. The lowest BCUT2D eigenvalue weighted by atomic mass is 9.98. The van der Waals surface area contributed by atoms with E-state index < -0.39 is 10.0 Å². The number of hydrogen-bond donors (Lipinski definition) is 0. The fraction of sp³-hybridized carbons (Fsp3) is 0.333. The number of rotatable bonds is 4. The zero-order valence-electron chi connectivity index (χ0n) is 16.0. The van der Waals surface area contributed by atoms with E-state index in [2.05, 4.69) is 16.8 Å². The highest BCUT2D eigenvalue weighted by molar-refractivity contribution is 7.90. The Kier molecular flexibility index (Phi) is 4.71. The summed E-state index contributed by atoms with van der Waals surface area (Å²) in [5.41, 5.74) is 1.56. The second kappa shape index (κ2) is 7.05. The van der Waals surface area contributed by atoms with Crippen molar-refractivity contribution < 1.29 is 13.2 Å². The molecule has 6 nitrogen and oxygen atoms in total. The summed E-state index contributed by atoms with van der Waals surface area (Å²) in [6.45, 7) is 5.47. The molecular weight excluding hydrogens is 374 g/mol. The Labute approximate surface area is 164 Å². The van der Waals surface area contributed by atoms with E-state index in [1.54, 1.807) is 36.5 Å². The Morgan fingerprint density at radius 2 is 1.79 bits per heavy atom. The first-order valence-electron chi connectivity index (χ1n) is 9.46. The monoisotopic (exact) mass is 397 g/mol. The van der Waals surface area contributed by atoms with E-state index in [1.807, 2.05) is 6.07 Å². The SMILES string of the molecule is CC(=O)c1cn(S(=O)(=O)c2ccccc2)c2nccc(N3CCC(C)CC3)c12. The molecule has 1 saturated heterocycles. The minimum Gasteiger partial charge on any atom is -0.371 e. The quantitative estimate of drug-likeness (QED) is 0.628. The van der Waals surface area contributed by atoms with E-state index >= 15 is 0 Å². The van der Waals surface area contributed by atoms with Crippen molar-refractivity contribution in [2.24, 2.45) is 5.92 Å². The summed E-state index contributed by atoms with van der Waals surface area (Å²) in [6.07, 6.45) is 5.18. The number of pyridine rings is 1. The first-order chi connectivity index (χ1) is 13.4. The van der Waals surface area contributed by atoms with Gasteiger partial charge in [-0.1, -0.05) is 25.1 Å². The standard InChI is InChI=1S/C21H23N3O3S/c1-15-9-12-23(13-10-15)19-8-11-22-21-20(19)18(16(2)25)14-24(21)28(26,27)17-6-4-3-5-7-17/h3-8,11,14-15H,9-10,12-13H2,1-2H3. The zero-order chi connectivity index (χ0) is 19.9. The van der Waals surface area contributed by atoms with Gasteiger partial charge in [0.1, 0.15) is 0 Å². The van der Waals surface area contributed by atoms with Crippen molar-refractivity contribution in [3.05, 3.63) is 54.4 Å². The topological polar surface area (TPSA) is 72.3 Å². The number of ketones is 1. The van der Waals surface area contributed by atoms with Crippen LogP contribution < -0.4 is 4.90 Å². The molecule has 146 valence electrons. The number of fused-ring (bicyclic) bond motifs is 1. The summed E-state index contributed by atoms with van der Waals surface area (Å²) in [6, 6.07) is 10.1. The van der Waals surface area contributed by atoms with E-state index in [4.69, 9.17) is 0 Å². The predicted molar refractivity (Wildman–Crippen MR) is 109 cm³/mol. The molecule has 0 atom stereocenters. The second-order valence-corrected chi connectivity index (χ2v) is 9.23. The lowest BCUT2D eigenvalue weighted by Gasteiger charge is -2.32. The Morgan fingerprint density at radius 3 is 2.43 bits per heavy atom. The van der Waals surface area contributed by atoms with Gasteiger partial charge in [-0.25, -0.2) is 17.4 Å². The normalized spacial score (nSPS) is 15.9. The molecule has 1 fully saturated rings. The van der Waals surface area contributed by atoms with Crippen molar-refractivity contribution in [2.45, 2.75) is 31.6 Å². The van der Waals surface area contributed by atoms with Crippen LogP contribution in [0.3, 0.4) is 0 Å². The maximum absolute atomic E-state index is 13.2. The van der Waals surface area contributed by atoms with Gasteiger partial charge < -0.3 is 4.90 Å². The maximum Gasteiger partial charge on any atom is 0.269 e. The molecule has 1 aliphatic rings. The van der Waals surface area contributed by atoms with Gasteiger partial charge in [0.2, 0.25) is 0 Å². The van der Waals surface area contributed by atoms with Crippen molar-refractivity contribution in [1.82, 2.24) is 8.96 Å². The van der Waals surface area contributed by atoms with Crippen LogP contribution in [0, 0.1) is 5.92 Å². The molecule has 0 unspecified atom stereocenters. The fourth-order valence-electron chi connectivity index (χ4n) is 3.78. The Bertz CT molecular complexity index is 1130. The highest BCUT2D eigenvalue weighted by Crippen LogP contribution is 2.34. The van der Waals surface area contributed by atoms with Gasteiger partial charge in [-0.05, 0) is 43.9 Å². The van der Waals surface area contributed by atoms with Crippen LogP contribution in [0.4, 0.5) is 5.69 Å². The number of Topliss-reactive ketones (excluding diaryl/α,β-unsaturated/α-hetero) is 1. The molecule has 0 amide bonds. The molecule has 0 aliphatic carbocycles. The van der Waals surface area contributed by atoms with Crippen LogP contribution in [-0.2, 0) is 10.0 Å². The van der Waals surface area contributed by atoms with Crippen molar-refractivity contribution in [1.29, 1.82) is 0 Å². The van der Waals surface area contributed by atoms with Crippen LogP contribution in [0.5, 0.6) is 0 Å². The summed E-state index contributed by atoms with van der Waals surface area (Å²) >= 11 is 0. The first kappa shape index (κ1) is 18.7. The summed E-state index contributed by atoms with van der Waals surface area (Å²) < 4.78 is 27.6. The zero-order valence-corrected chi connectivity index (χ0v) is 16.8. The lowest BCUT2D eigenvalue weighted by molar-refractivity contribution is 0.101. The molecule has 3 aromatic rings. The summed E-state index contributed by atoms with van der Waals surface area (Å²) in [4.78, 5) is 19.1. The number of piperidine rings is 1. The smallest absolute Gasteiger partial charge is 0.269 e. The predicted octanol–water partition coefficient (Wildman–Crippen LogP) is 3.71. The van der Waals surface area contributed by atoms with Crippen LogP contribution in [0.15, 0.2) is 53.7 Å². The van der Waals surface area contributed by atoms with Crippen molar-refractivity contribution in [3.8, 4) is 0 Å².